The van der Waals surface area contributed by atoms with E-state index in [0.29, 0.717) is 12.5 Å². The van der Waals surface area contributed by atoms with Crippen LogP contribution in [-0.2, 0) is 4.79 Å². The van der Waals surface area contributed by atoms with Gasteiger partial charge in [-0.2, -0.15) is 0 Å². The summed E-state index contributed by atoms with van der Waals surface area (Å²) in [5, 5.41) is 0. The maximum absolute atomic E-state index is 12.5. The van der Waals surface area contributed by atoms with E-state index in [-0.39, 0.29) is 5.41 Å². The minimum Gasteiger partial charge on any atom is -0.342 e. The first kappa shape index (κ1) is 13.5. The van der Waals surface area contributed by atoms with Gasteiger partial charge in [-0.1, -0.05) is 26.7 Å². The molecule has 0 aliphatic heterocycles. The van der Waals surface area contributed by atoms with Crippen molar-refractivity contribution in [3.63, 3.8) is 0 Å². The highest BCUT2D eigenvalue weighted by atomic mass is 16.2. The molecule has 1 aliphatic rings. The third-order valence-corrected chi connectivity index (χ3v) is 3.68. The second-order valence-corrected chi connectivity index (χ2v) is 4.98. The van der Waals surface area contributed by atoms with E-state index in [9.17, 15) is 4.79 Å². The fraction of sp³-hybridized carbons (Fsp3) is 0.923. The molecule has 0 bridgehead atoms. The third-order valence-electron chi connectivity index (χ3n) is 3.68. The molecule has 1 fully saturated rings. The standard InChI is InChI=1S/C13H26N2O/c1-3-9-15(10-4-2)12(16)13(11-14)7-5-6-8-13/h3-11,14H2,1-2H3. The molecule has 0 saturated heterocycles. The molecule has 94 valence electrons. The molecule has 1 rings (SSSR count). The Bertz CT molecular complexity index is 216. The molecule has 0 aromatic rings. The molecule has 0 spiro atoms. The number of hydrogen-bond acceptors (Lipinski definition) is 2. The summed E-state index contributed by atoms with van der Waals surface area (Å²) >= 11 is 0. The zero-order chi connectivity index (χ0) is 12.0. The second-order valence-electron chi connectivity index (χ2n) is 4.98. The average Bonchev–Trinajstić information content (AvgIpc) is 2.77. The Morgan fingerprint density at radius 3 is 2.06 bits per heavy atom. The first-order chi connectivity index (χ1) is 7.70. The summed E-state index contributed by atoms with van der Waals surface area (Å²) in [6.45, 7) is 6.54. The van der Waals surface area contributed by atoms with Gasteiger partial charge in [-0.15, -0.1) is 0 Å². The predicted molar refractivity (Wildman–Crippen MR) is 67.1 cm³/mol. The first-order valence-corrected chi connectivity index (χ1v) is 6.69. The van der Waals surface area contributed by atoms with Gasteiger partial charge in [0.05, 0.1) is 5.41 Å². The SMILES string of the molecule is CCCN(CCC)C(=O)C1(CN)CCCC1. The lowest BCUT2D eigenvalue weighted by atomic mass is 9.84. The van der Waals surface area contributed by atoms with E-state index in [1.54, 1.807) is 0 Å². The molecule has 3 heteroatoms. The van der Waals surface area contributed by atoms with E-state index < -0.39 is 0 Å². The topological polar surface area (TPSA) is 46.3 Å². The third kappa shape index (κ3) is 2.76. The number of nitrogens with two attached hydrogens (primary N) is 1. The number of amides is 1. The maximum atomic E-state index is 12.5. The zero-order valence-electron chi connectivity index (χ0n) is 10.8. The molecular weight excluding hydrogens is 200 g/mol. The van der Waals surface area contributed by atoms with Crippen LogP contribution in [0.15, 0.2) is 0 Å². The monoisotopic (exact) mass is 226 g/mol. The van der Waals surface area contributed by atoms with Crippen LogP contribution in [0.1, 0.15) is 52.4 Å². The zero-order valence-corrected chi connectivity index (χ0v) is 10.8. The molecule has 0 aromatic heterocycles. The summed E-state index contributed by atoms with van der Waals surface area (Å²) in [6, 6.07) is 0. The molecule has 0 atom stereocenters. The van der Waals surface area contributed by atoms with Gasteiger partial charge in [-0.3, -0.25) is 4.79 Å². The Morgan fingerprint density at radius 2 is 1.69 bits per heavy atom. The summed E-state index contributed by atoms with van der Waals surface area (Å²) in [5.41, 5.74) is 5.63. The highest BCUT2D eigenvalue weighted by molar-refractivity contribution is 5.83. The number of hydrogen-bond donors (Lipinski definition) is 1. The molecule has 1 aliphatic carbocycles. The number of carbonyl (C=O) groups excluding carboxylic acids is 1. The minimum absolute atomic E-state index is 0.218. The van der Waals surface area contributed by atoms with Crippen LogP contribution in [0.3, 0.4) is 0 Å². The number of carbonyl (C=O) groups is 1. The highest BCUT2D eigenvalue weighted by Gasteiger charge is 2.41. The van der Waals surface area contributed by atoms with E-state index in [1.807, 2.05) is 4.90 Å². The lowest BCUT2D eigenvalue weighted by Gasteiger charge is -2.33. The van der Waals surface area contributed by atoms with E-state index in [2.05, 4.69) is 13.8 Å². The molecule has 0 unspecified atom stereocenters. The Balaban J connectivity index is 2.70. The molecule has 0 aromatic carbocycles. The molecule has 1 amide bonds. The van der Waals surface area contributed by atoms with Gasteiger partial charge in [-0.25, -0.2) is 0 Å². The highest BCUT2D eigenvalue weighted by Crippen LogP contribution is 2.38. The summed E-state index contributed by atoms with van der Waals surface area (Å²) in [5.74, 6) is 0.316. The Hall–Kier alpha value is -0.570. The van der Waals surface area contributed by atoms with Crippen LogP contribution in [0.25, 0.3) is 0 Å². The van der Waals surface area contributed by atoms with E-state index in [4.69, 9.17) is 5.73 Å². The van der Waals surface area contributed by atoms with Crippen molar-refractivity contribution in [2.24, 2.45) is 11.1 Å². The van der Waals surface area contributed by atoms with Crippen LogP contribution in [0, 0.1) is 5.41 Å². The van der Waals surface area contributed by atoms with Crippen LogP contribution in [0.4, 0.5) is 0 Å². The number of rotatable bonds is 6. The molecule has 2 N–H and O–H groups in total. The second kappa shape index (κ2) is 6.24. The van der Waals surface area contributed by atoms with Crippen molar-refractivity contribution in [1.29, 1.82) is 0 Å². The molecular formula is C13H26N2O. The van der Waals surface area contributed by atoms with Crippen molar-refractivity contribution in [2.75, 3.05) is 19.6 Å². The Labute approximate surface area is 99.4 Å². The maximum Gasteiger partial charge on any atom is 0.230 e. The summed E-state index contributed by atoms with van der Waals surface area (Å²) < 4.78 is 0. The van der Waals surface area contributed by atoms with Gasteiger partial charge in [0.2, 0.25) is 5.91 Å². The summed E-state index contributed by atoms with van der Waals surface area (Å²) in [7, 11) is 0. The van der Waals surface area contributed by atoms with Crippen molar-refractivity contribution in [1.82, 2.24) is 4.90 Å². The van der Waals surface area contributed by atoms with Gasteiger partial charge in [-0.05, 0) is 25.7 Å². The molecule has 16 heavy (non-hydrogen) atoms. The average molecular weight is 226 g/mol. The van der Waals surface area contributed by atoms with Gasteiger partial charge in [0.25, 0.3) is 0 Å². The van der Waals surface area contributed by atoms with Crippen LogP contribution in [0.5, 0.6) is 0 Å². The van der Waals surface area contributed by atoms with Crippen LogP contribution < -0.4 is 5.73 Å². The van der Waals surface area contributed by atoms with Crippen molar-refractivity contribution in [3.8, 4) is 0 Å². The molecule has 3 nitrogen and oxygen atoms in total. The Kier molecular flexibility index (Phi) is 5.26. The lowest BCUT2D eigenvalue weighted by molar-refractivity contribution is -0.141. The van der Waals surface area contributed by atoms with Crippen LogP contribution in [0.2, 0.25) is 0 Å². The molecule has 1 saturated carbocycles. The summed E-state index contributed by atoms with van der Waals surface area (Å²) in [4.78, 5) is 14.6. The van der Waals surface area contributed by atoms with Crippen molar-refractivity contribution >= 4 is 5.91 Å². The van der Waals surface area contributed by atoms with E-state index >= 15 is 0 Å². The van der Waals surface area contributed by atoms with Gasteiger partial charge >= 0.3 is 0 Å². The van der Waals surface area contributed by atoms with Gasteiger partial charge in [0.15, 0.2) is 0 Å². The van der Waals surface area contributed by atoms with Crippen LogP contribution >= 0.6 is 0 Å². The first-order valence-electron chi connectivity index (χ1n) is 6.69. The largest absolute Gasteiger partial charge is 0.342 e. The lowest BCUT2D eigenvalue weighted by Crippen LogP contribution is -2.47. The normalized spacial score (nSPS) is 18.7. The quantitative estimate of drug-likeness (QED) is 0.754. The van der Waals surface area contributed by atoms with Gasteiger partial charge in [0, 0.05) is 19.6 Å². The van der Waals surface area contributed by atoms with Crippen molar-refractivity contribution < 1.29 is 4.79 Å². The van der Waals surface area contributed by atoms with Gasteiger partial charge in [0.1, 0.15) is 0 Å². The summed E-state index contributed by atoms with van der Waals surface area (Å²) in [6.07, 6.45) is 6.38. The van der Waals surface area contributed by atoms with Crippen LogP contribution in [-0.4, -0.2) is 30.4 Å². The minimum atomic E-state index is -0.218. The van der Waals surface area contributed by atoms with E-state index in [0.717, 1.165) is 51.6 Å². The molecule has 0 radical (unpaired) electrons. The van der Waals surface area contributed by atoms with E-state index in [1.165, 1.54) is 0 Å². The van der Waals surface area contributed by atoms with Crippen molar-refractivity contribution in [3.05, 3.63) is 0 Å². The van der Waals surface area contributed by atoms with Gasteiger partial charge < -0.3 is 10.6 Å². The Morgan fingerprint density at radius 1 is 1.19 bits per heavy atom. The fourth-order valence-electron chi connectivity index (χ4n) is 2.75. The number of nitrogens with zero attached hydrogens (tertiary/aromatic N) is 1. The predicted octanol–water partition coefficient (Wildman–Crippen LogP) is 2.15. The smallest absolute Gasteiger partial charge is 0.230 e. The molecule has 0 heterocycles. The fourth-order valence-corrected chi connectivity index (χ4v) is 2.75. The van der Waals surface area contributed by atoms with Crippen molar-refractivity contribution in [2.45, 2.75) is 52.4 Å².